The maximum absolute atomic E-state index is 12.6. The summed E-state index contributed by atoms with van der Waals surface area (Å²) in [5, 5.41) is 0. The third kappa shape index (κ3) is 2.03. The fourth-order valence-corrected chi connectivity index (χ4v) is 1.96. The minimum absolute atomic E-state index is 0.534. The zero-order valence-corrected chi connectivity index (χ0v) is 10.4. The van der Waals surface area contributed by atoms with E-state index < -0.39 is 6.86 Å². The summed E-state index contributed by atoms with van der Waals surface area (Å²) in [6.45, 7) is 1.09. The number of benzene rings is 1. The highest BCUT2D eigenvalue weighted by molar-refractivity contribution is 5.76. The SMILES string of the molecule is Cc1ccc(-c2nc3ncccc3n2OCF)cc1. The zero-order valence-electron chi connectivity index (χ0n) is 10.4. The van der Waals surface area contributed by atoms with Gasteiger partial charge in [0, 0.05) is 11.8 Å². The highest BCUT2D eigenvalue weighted by Crippen LogP contribution is 2.22. The lowest BCUT2D eigenvalue weighted by Crippen LogP contribution is -2.11. The molecular formula is C14H12FN3O. The number of halogens is 1. The molecule has 0 amide bonds. The number of fused-ring (bicyclic) bond motifs is 1. The predicted octanol–water partition coefficient (Wildman–Crippen LogP) is 2.76. The van der Waals surface area contributed by atoms with Crippen LogP contribution in [0.15, 0.2) is 42.6 Å². The van der Waals surface area contributed by atoms with Gasteiger partial charge in [-0.1, -0.05) is 29.8 Å². The van der Waals surface area contributed by atoms with Crippen molar-refractivity contribution in [1.82, 2.24) is 14.7 Å². The second-order valence-corrected chi connectivity index (χ2v) is 4.18. The van der Waals surface area contributed by atoms with Crippen LogP contribution in [0.1, 0.15) is 5.56 Å². The second-order valence-electron chi connectivity index (χ2n) is 4.18. The van der Waals surface area contributed by atoms with Gasteiger partial charge in [0.05, 0.1) is 0 Å². The quantitative estimate of drug-likeness (QED) is 0.724. The third-order valence-electron chi connectivity index (χ3n) is 2.88. The monoisotopic (exact) mass is 257 g/mol. The number of alkyl halides is 1. The van der Waals surface area contributed by atoms with Crippen LogP contribution in [0.5, 0.6) is 0 Å². The summed E-state index contributed by atoms with van der Waals surface area (Å²) < 4.78 is 13.9. The summed E-state index contributed by atoms with van der Waals surface area (Å²) >= 11 is 0. The molecule has 19 heavy (non-hydrogen) atoms. The molecule has 1 aromatic carbocycles. The molecule has 0 saturated heterocycles. The van der Waals surface area contributed by atoms with Crippen LogP contribution in [0, 0.1) is 6.92 Å². The van der Waals surface area contributed by atoms with Crippen molar-refractivity contribution in [3.63, 3.8) is 0 Å². The maximum atomic E-state index is 12.6. The number of hydrogen-bond acceptors (Lipinski definition) is 3. The van der Waals surface area contributed by atoms with Crippen LogP contribution in [-0.2, 0) is 0 Å². The molecule has 3 aromatic rings. The van der Waals surface area contributed by atoms with Gasteiger partial charge >= 0.3 is 0 Å². The lowest BCUT2D eigenvalue weighted by molar-refractivity contribution is 0.0517. The summed E-state index contributed by atoms with van der Waals surface area (Å²) in [7, 11) is 0. The van der Waals surface area contributed by atoms with E-state index in [1.807, 2.05) is 31.2 Å². The molecule has 0 spiro atoms. The lowest BCUT2D eigenvalue weighted by atomic mass is 10.1. The molecule has 0 aliphatic heterocycles. The van der Waals surface area contributed by atoms with Crippen LogP contribution in [0.3, 0.4) is 0 Å². The second kappa shape index (κ2) is 4.68. The Labute approximate surface area is 109 Å². The van der Waals surface area contributed by atoms with Crippen molar-refractivity contribution in [3.05, 3.63) is 48.2 Å². The fourth-order valence-electron chi connectivity index (χ4n) is 1.96. The Kier molecular flexibility index (Phi) is 2.87. The largest absolute Gasteiger partial charge is 0.378 e. The molecule has 0 fully saturated rings. The van der Waals surface area contributed by atoms with Crippen molar-refractivity contribution >= 4 is 11.2 Å². The molecular weight excluding hydrogens is 245 g/mol. The van der Waals surface area contributed by atoms with Gasteiger partial charge in [-0.3, -0.25) is 0 Å². The number of aryl methyl sites for hydroxylation is 1. The summed E-state index contributed by atoms with van der Waals surface area (Å²) in [4.78, 5) is 13.6. The average molecular weight is 257 g/mol. The first-order valence-electron chi connectivity index (χ1n) is 5.89. The van der Waals surface area contributed by atoms with Gasteiger partial charge in [0.1, 0.15) is 5.52 Å². The molecule has 96 valence electrons. The van der Waals surface area contributed by atoms with E-state index in [9.17, 15) is 4.39 Å². The summed E-state index contributed by atoms with van der Waals surface area (Å²) in [6, 6.07) is 11.4. The van der Waals surface area contributed by atoms with Crippen LogP contribution in [0.4, 0.5) is 4.39 Å². The maximum Gasteiger partial charge on any atom is 0.253 e. The first kappa shape index (κ1) is 11.6. The first-order chi connectivity index (χ1) is 9.29. The normalized spacial score (nSPS) is 10.8. The van der Waals surface area contributed by atoms with E-state index in [0.29, 0.717) is 17.0 Å². The Morgan fingerprint density at radius 2 is 2.00 bits per heavy atom. The van der Waals surface area contributed by atoms with Crippen molar-refractivity contribution < 1.29 is 9.23 Å². The van der Waals surface area contributed by atoms with E-state index in [-0.39, 0.29) is 0 Å². The van der Waals surface area contributed by atoms with E-state index in [1.165, 1.54) is 4.73 Å². The molecule has 3 rings (SSSR count). The van der Waals surface area contributed by atoms with Crippen LogP contribution in [0.25, 0.3) is 22.6 Å². The third-order valence-corrected chi connectivity index (χ3v) is 2.88. The number of imidazole rings is 1. The van der Waals surface area contributed by atoms with Crippen molar-refractivity contribution in [3.8, 4) is 11.4 Å². The Morgan fingerprint density at radius 1 is 1.21 bits per heavy atom. The highest BCUT2D eigenvalue weighted by atomic mass is 19.1. The standard InChI is InChI=1S/C14H12FN3O/c1-10-4-6-11(7-5-10)14-17-13-12(3-2-8-16-13)18(14)19-9-15/h2-8H,9H2,1H3. The number of nitrogens with zero attached hydrogens (tertiary/aromatic N) is 3. The van der Waals surface area contributed by atoms with Gasteiger partial charge in [0.25, 0.3) is 6.86 Å². The molecule has 0 atom stereocenters. The van der Waals surface area contributed by atoms with E-state index in [2.05, 4.69) is 9.97 Å². The minimum Gasteiger partial charge on any atom is -0.378 e. The molecule has 0 radical (unpaired) electrons. The van der Waals surface area contributed by atoms with Gasteiger partial charge < -0.3 is 4.84 Å². The van der Waals surface area contributed by atoms with Gasteiger partial charge in [-0.2, -0.15) is 4.73 Å². The molecule has 2 heterocycles. The lowest BCUT2D eigenvalue weighted by Gasteiger charge is -2.07. The van der Waals surface area contributed by atoms with Crippen molar-refractivity contribution in [2.24, 2.45) is 0 Å². The van der Waals surface area contributed by atoms with Crippen LogP contribution < -0.4 is 4.84 Å². The van der Waals surface area contributed by atoms with E-state index >= 15 is 0 Å². The molecule has 0 aliphatic carbocycles. The fraction of sp³-hybridized carbons (Fsp3) is 0.143. The van der Waals surface area contributed by atoms with Gasteiger partial charge in [-0.25, -0.2) is 14.4 Å². The van der Waals surface area contributed by atoms with E-state index in [0.717, 1.165) is 11.1 Å². The molecule has 0 N–H and O–H groups in total. The van der Waals surface area contributed by atoms with Crippen molar-refractivity contribution in [2.75, 3.05) is 6.86 Å². The predicted molar refractivity (Wildman–Crippen MR) is 70.3 cm³/mol. The van der Waals surface area contributed by atoms with Gasteiger partial charge in [0.15, 0.2) is 11.5 Å². The molecule has 0 bridgehead atoms. The minimum atomic E-state index is -0.917. The zero-order chi connectivity index (χ0) is 13.2. The Hall–Kier alpha value is -2.43. The number of hydrogen-bond donors (Lipinski definition) is 0. The summed E-state index contributed by atoms with van der Waals surface area (Å²) in [6.07, 6.45) is 1.65. The summed E-state index contributed by atoms with van der Waals surface area (Å²) in [5.41, 5.74) is 3.19. The van der Waals surface area contributed by atoms with Crippen LogP contribution in [-0.4, -0.2) is 21.6 Å². The van der Waals surface area contributed by atoms with E-state index in [1.54, 1.807) is 18.3 Å². The first-order valence-corrected chi connectivity index (χ1v) is 5.89. The Bertz CT molecular complexity index is 706. The molecule has 0 aliphatic rings. The van der Waals surface area contributed by atoms with Gasteiger partial charge in [-0.15, -0.1) is 0 Å². The van der Waals surface area contributed by atoms with Gasteiger partial charge in [-0.05, 0) is 19.1 Å². The highest BCUT2D eigenvalue weighted by Gasteiger charge is 2.14. The number of rotatable bonds is 3. The molecule has 0 unspecified atom stereocenters. The summed E-state index contributed by atoms with van der Waals surface area (Å²) in [5.74, 6) is 0.548. The molecule has 2 aromatic heterocycles. The van der Waals surface area contributed by atoms with Crippen molar-refractivity contribution in [2.45, 2.75) is 6.92 Å². The number of aromatic nitrogens is 3. The Morgan fingerprint density at radius 3 is 2.74 bits per heavy atom. The smallest absolute Gasteiger partial charge is 0.253 e. The molecule has 4 nitrogen and oxygen atoms in total. The average Bonchev–Trinajstić information content (AvgIpc) is 2.79. The van der Waals surface area contributed by atoms with Crippen LogP contribution in [0.2, 0.25) is 0 Å². The van der Waals surface area contributed by atoms with Gasteiger partial charge in [0.2, 0.25) is 0 Å². The molecule has 5 heteroatoms. The topological polar surface area (TPSA) is 39.9 Å². The number of pyridine rings is 1. The molecule has 0 saturated carbocycles. The Balaban J connectivity index is 2.21. The van der Waals surface area contributed by atoms with Crippen molar-refractivity contribution in [1.29, 1.82) is 0 Å². The van der Waals surface area contributed by atoms with Crippen LogP contribution >= 0.6 is 0 Å². The van der Waals surface area contributed by atoms with E-state index in [4.69, 9.17) is 4.84 Å².